The second-order valence-electron chi connectivity index (χ2n) is 5.12. The van der Waals surface area contributed by atoms with E-state index in [1.165, 1.54) is 5.69 Å². The molecule has 1 aliphatic rings. The molecule has 0 saturated carbocycles. The molecule has 1 saturated heterocycles. The predicted molar refractivity (Wildman–Crippen MR) is 74.7 cm³/mol. The van der Waals surface area contributed by atoms with Crippen molar-refractivity contribution in [3.8, 4) is 0 Å². The number of anilines is 1. The molecule has 0 radical (unpaired) electrons. The maximum atomic E-state index is 11.1. The third kappa shape index (κ3) is 3.16. The number of carbonyl (C=O) groups excluding carboxylic acids is 1. The Labute approximate surface area is 113 Å². The number of hydrogen-bond donors (Lipinski definition) is 1. The summed E-state index contributed by atoms with van der Waals surface area (Å²) in [6.45, 7) is 3.95. The molecule has 98 valence electrons. The van der Waals surface area contributed by atoms with Crippen molar-refractivity contribution in [2.24, 2.45) is 17.6 Å². The smallest absolute Gasteiger partial charge is 0.220 e. The number of primary amides is 1. The summed E-state index contributed by atoms with van der Waals surface area (Å²) >= 11 is 5.88. The molecule has 1 aromatic carbocycles. The van der Waals surface area contributed by atoms with E-state index >= 15 is 0 Å². The minimum absolute atomic E-state index is 0.0276. The van der Waals surface area contributed by atoms with Gasteiger partial charge >= 0.3 is 0 Å². The minimum Gasteiger partial charge on any atom is -0.371 e. The number of halogens is 1. The molecule has 0 bridgehead atoms. The van der Waals surface area contributed by atoms with E-state index < -0.39 is 0 Å². The van der Waals surface area contributed by atoms with Crippen LogP contribution in [0.2, 0.25) is 5.02 Å². The van der Waals surface area contributed by atoms with Crippen molar-refractivity contribution < 1.29 is 4.79 Å². The quantitative estimate of drug-likeness (QED) is 0.911. The van der Waals surface area contributed by atoms with Crippen LogP contribution in [0.1, 0.15) is 19.8 Å². The first-order chi connectivity index (χ1) is 8.56. The molecule has 3 nitrogen and oxygen atoms in total. The molecule has 1 amide bonds. The molecule has 2 unspecified atom stereocenters. The maximum Gasteiger partial charge on any atom is 0.220 e. The molecular weight excluding hydrogens is 248 g/mol. The highest BCUT2D eigenvalue weighted by atomic mass is 35.5. The van der Waals surface area contributed by atoms with Crippen LogP contribution < -0.4 is 10.6 Å². The van der Waals surface area contributed by atoms with Gasteiger partial charge in [-0.1, -0.05) is 18.5 Å². The second kappa shape index (κ2) is 5.61. The Morgan fingerprint density at radius 2 is 2.17 bits per heavy atom. The zero-order valence-electron chi connectivity index (χ0n) is 10.6. The Hall–Kier alpha value is -1.22. The summed E-state index contributed by atoms with van der Waals surface area (Å²) in [5.74, 6) is 0.336. The molecule has 2 rings (SSSR count). The van der Waals surface area contributed by atoms with E-state index in [0.29, 0.717) is 5.92 Å². The van der Waals surface area contributed by atoms with Gasteiger partial charge in [0, 0.05) is 29.7 Å². The van der Waals surface area contributed by atoms with Crippen LogP contribution >= 0.6 is 11.6 Å². The average Bonchev–Trinajstić information content (AvgIpc) is 2.78. The highest BCUT2D eigenvalue weighted by molar-refractivity contribution is 6.30. The summed E-state index contributed by atoms with van der Waals surface area (Å²) in [5, 5.41) is 0.761. The van der Waals surface area contributed by atoms with E-state index in [1.807, 2.05) is 31.2 Å². The van der Waals surface area contributed by atoms with Gasteiger partial charge in [0.05, 0.1) is 0 Å². The summed E-state index contributed by atoms with van der Waals surface area (Å²) < 4.78 is 0. The number of carbonyl (C=O) groups is 1. The van der Waals surface area contributed by atoms with Crippen LogP contribution in [0.4, 0.5) is 5.69 Å². The third-order valence-electron chi connectivity index (χ3n) is 3.65. The van der Waals surface area contributed by atoms with E-state index in [9.17, 15) is 4.79 Å². The lowest BCUT2D eigenvalue weighted by Gasteiger charge is -2.19. The van der Waals surface area contributed by atoms with E-state index in [-0.39, 0.29) is 11.8 Å². The molecule has 2 atom stereocenters. The van der Waals surface area contributed by atoms with Gasteiger partial charge in [-0.2, -0.15) is 0 Å². The Morgan fingerprint density at radius 3 is 2.78 bits per heavy atom. The van der Waals surface area contributed by atoms with E-state index in [2.05, 4.69) is 4.90 Å². The number of hydrogen-bond acceptors (Lipinski definition) is 2. The summed E-state index contributed by atoms with van der Waals surface area (Å²) in [5.41, 5.74) is 6.51. The first kappa shape index (κ1) is 13.2. The SMILES string of the molecule is CC(CC1CCN(c2ccc(Cl)cc2)C1)C(N)=O. The molecule has 2 N–H and O–H groups in total. The number of rotatable bonds is 4. The van der Waals surface area contributed by atoms with Gasteiger partial charge in [0.1, 0.15) is 0 Å². The second-order valence-corrected chi connectivity index (χ2v) is 5.55. The van der Waals surface area contributed by atoms with Crippen LogP contribution in [-0.4, -0.2) is 19.0 Å². The van der Waals surface area contributed by atoms with E-state index in [0.717, 1.165) is 31.0 Å². The molecule has 0 aliphatic carbocycles. The number of benzene rings is 1. The number of nitrogens with two attached hydrogens (primary N) is 1. The van der Waals surface area contributed by atoms with Crippen LogP contribution in [0, 0.1) is 11.8 Å². The standard InChI is InChI=1S/C14H19ClN2O/c1-10(14(16)18)8-11-6-7-17(9-11)13-4-2-12(15)3-5-13/h2-5,10-11H,6-9H2,1H3,(H2,16,18). The first-order valence-electron chi connectivity index (χ1n) is 6.36. The van der Waals surface area contributed by atoms with Crippen molar-refractivity contribution in [3.63, 3.8) is 0 Å². The normalized spacial score (nSPS) is 21.0. The summed E-state index contributed by atoms with van der Waals surface area (Å²) in [6.07, 6.45) is 2.01. The lowest BCUT2D eigenvalue weighted by Crippen LogP contribution is -2.25. The van der Waals surface area contributed by atoms with Crippen LogP contribution in [0.15, 0.2) is 24.3 Å². The molecular formula is C14H19ClN2O. The monoisotopic (exact) mass is 266 g/mol. The van der Waals surface area contributed by atoms with Gasteiger partial charge < -0.3 is 10.6 Å². The Bertz CT molecular complexity index is 418. The van der Waals surface area contributed by atoms with E-state index in [4.69, 9.17) is 17.3 Å². The summed E-state index contributed by atoms with van der Waals surface area (Å²) in [6, 6.07) is 7.91. The largest absolute Gasteiger partial charge is 0.371 e. The Kier molecular flexibility index (Phi) is 4.12. The molecule has 1 fully saturated rings. The van der Waals surface area contributed by atoms with Gasteiger partial charge in [-0.3, -0.25) is 4.79 Å². The fourth-order valence-electron chi connectivity index (χ4n) is 2.53. The topological polar surface area (TPSA) is 46.3 Å². The fourth-order valence-corrected chi connectivity index (χ4v) is 2.65. The van der Waals surface area contributed by atoms with Crippen molar-refractivity contribution in [2.45, 2.75) is 19.8 Å². The van der Waals surface area contributed by atoms with Crippen LogP contribution in [0.3, 0.4) is 0 Å². The molecule has 1 aromatic rings. The average molecular weight is 267 g/mol. The van der Waals surface area contributed by atoms with Gasteiger partial charge in [-0.05, 0) is 43.0 Å². The lowest BCUT2D eigenvalue weighted by molar-refractivity contribution is -0.121. The van der Waals surface area contributed by atoms with Crippen LogP contribution in [-0.2, 0) is 4.79 Å². The molecule has 4 heteroatoms. The van der Waals surface area contributed by atoms with Gasteiger partial charge in [0.25, 0.3) is 0 Å². The number of amides is 1. The molecule has 1 heterocycles. The van der Waals surface area contributed by atoms with Crippen molar-refractivity contribution >= 4 is 23.2 Å². The fraction of sp³-hybridized carbons (Fsp3) is 0.500. The van der Waals surface area contributed by atoms with Crippen molar-refractivity contribution in [1.29, 1.82) is 0 Å². The highest BCUT2D eigenvalue weighted by Gasteiger charge is 2.25. The Morgan fingerprint density at radius 1 is 1.50 bits per heavy atom. The molecule has 0 aromatic heterocycles. The van der Waals surface area contributed by atoms with Gasteiger partial charge in [-0.15, -0.1) is 0 Å². The van der Waals surface area contributed by atoms with Crippen LogP contribution in [0.25, 0.3) is 0 Å². The molecule has 18 heavy (non-hydrogen) atoms. The van der Waals surface area contributed by atoms with Crippen molar-refractivity contribution in [2.75, 3.05) is 18.0 Å². The number of nitrogens with zero attached hydrogens (tertiary/aromatic N) is 1. The zero-order chi connectivity index (χ0) is 13.1. The predicted octanol–water partition coefficient (Wildman–Crippen LogP) is 2.68. The van der Waals surface area contributed by atoms with E-state index in [1.54, 1.807) is 0 Å². The third-order valence-corrected chi connectivity index (χ3v) is 3.90. The lowest BCUT2D eigenvalue weighted by atomic mass is 9.95. The van der Waals surface area contributed by atoms with Crippen molar-refractivity contribution in [3.05, 3.63) is 29.3 Å². The molecule has 1 aliphatic heterocycles. The van der Waals surface area contributed by atoms with Crippen molar-refractivity contribution in [1.82, 2.24) is 0 Å². The summed E-state index contributed by atoms with van der Waals surface area (Å²) in [4.78, 5) is 13.4. The Balaban J connectivity index is 1.92. The zero-order valence-corrected chi connectivity index (χ0v) is 11.4. The van der Waals surface area contributed by atoms with Gasteiger partial charge in [0.15, 0.2) is 0 Å². The minimum atomic E-state index is -0.194. The maximum absolute atomic E-state index is 11.1. The first-order valence-corrected chi connectivity index (χ1v) is 6.74. The van der Waals surface area contributed by atoms with Crippen LogP contribution in [0.5, 0.6) is 0 Å². The van der Waals surface area contributed by atoms with Gasteiger partial charge in [0.2, 0.25) is 5.91 Å². The van der Waals surface area contributed by atoms with Gasteiger partial charge in [-0.25, -0.2) is 0 Å². The highest BCUT2D eigenvalue weighted by Crippen LogP contribution is 2.28. The molecule has 0 spiro atoms. The summed E-state index contributed by atoms with van der Waals surface area (Å²) in [7, 11) is 0.